The highest BCUT2D eigenvalue weighted by Crippen LogP contribution is 2.10. The maximum absolute atomic E-state index is 10.9. The van der Waals surface area contributed by atoms with E-state index in [1.54, 1.807) is 13.1 Å². The average molecular weight is 224 g/mol. The lowest BCUT2D eigenvalue weighted by molar-refractivity contribution is -0.140. The van der Waals surface area contributed by atoms with Gasteiger partial charge in [0.2, 0.25) is 0 Å². The van der Waals surface area contributed by atoms with Crippen LogP contribution in [0.15, 0.2) is 6.07 Å². The summed E-state index contributed by atoms with van der Waals surface area (Å²) in [6, 6.07) is 1.78. The van der Waals surface area contributed by atoms with Gasteiger partial charge in [-0.15, -0.1) is 0 Å². The number of esters is 1. The van der Waals surface area contributed by atoms with Crippen molar-refractivity contribution in [2.45, 2.75) is 13.3 Å². The fourth-order valence-corrected chi connectivity index (χ4v) is 1.18. The number of aryl methyl sites for hydroxylation is 1. The average Bonchev–Trinajstić information content (AvgIpc) is 2.28. The second kappa shape index (κ2) is 5.89. The molecule has 0 fully saturated rings. The second-order valence-electron chi connectivity index (χ2n) is 3.19. The number of ether oxygens (including phenoxy) is 1. The number of methoxy groups -OCH3 is 1. The van der Waals surface area contributed by atoms with E-state index in [1.807, 2.05) is 6.92 Å². The minimum atomic E-state index is -0.243. The lowest BCUT2D eigenvalue weighted by Crippen LogP contribution is -2.11. The molecule has 0 aliphatic carbocycles. The third-order valence-corrected chi connectivity index (χ3v) is 1.96. The van der Waals surface area contributed by atoms with Crippen molar-refractivity contribution in [1.82, 2.24) is 9.97 Å². The molecule has 0 amide bonds. The number of rotatable bonds is 5. The van der Waals surface area contributed by atoms with Crippen molar-refractivity contribution >= 4 is 17.6 Å². The lowest BCUT2D eigenvalue weighted by Gasteiger charge is -2.07. The molecule has 1 aromatic rings. The van der Waals surface area contributed by atoms with E-state index < -0.39 is 0 Å². The number of hydrogen-bond acceptors (Lipinski definition) is 6. The van der Waals surface area contributed by atoms with E-state index in [1.165, 1.54) is 7.11 Å². The van der Waals surface area contributed by atoms with Gasteiger partial charge >= 0.3 is 5.97 Å². The Labute approximate surface area is 94.4 Å². The van der Waals surface area contributed by atoms with Crippen molar-refractivity contribution in [3.63, 3.8) is 0 Å². The zero-order chi connectivity index (χ0) is 12.0. The summed E-state index contributed by atoms with van der Waals surface area (Å²) in [6.45, 7) is 2.30. The fourth-order valence-electron chi connectivity index (χ4n) is 1.18. The number of hydrogen-bond donors (Lipinski definition) is 2. The van der Waals surface area contributed by atoms with Crippen LogP contribution in [0.2, 0.25) is 0 Å². The summed E-state index contributed by atoms with van der Waals surface area (Å²) in [5, 5.41) is 5.97. The second-order valence-corrected chi connectivity index (χ2v) is 3.19. The predicted octanol–water partition coefficient (Wildman–Crippen LogP) is 0.802. The Hall–Kier alpha value is -1.85. The topological polar surface area (TPSA) is 76.1 Å². The molecule has 6 heteroatoms. The zero-order valence-corrected chi connectivity index (χ0v) is 9.70. The Bertz CT molecular complexity index is 368. The summed E-state index contributed by atoms with van der Waals surface area (Å²) in [6.07, 6.45) is 0.314. The standard InChI is InChI=1S/C10H16N4O2/c1-7-13-8(11-2)6-9(14-7)12-5-4-10(15)16-3/h6H,4-5H2,1-3H3,(H2,11,12,13,14). The number of carbonyl (C=O) groups excluding carboxylic acids is 1. The highest BCUT2D eigenvalue weighted by atomic mass is 16.5. The molecular formula is C10H16N4O2. The minimum Gasteiger partial charge on any atom is -0.469 e. The van der Waals surface area contributed by atoms with Gasteiger partial charge in [0.15, 0.2) is 0 Å². The first-order chi connectivity index (χ1) is 7.65. The smallest absolute Gasteiger partial charge is 0.307 e. The first-order valence-electron chi connectivity index (χ1n) is 5.00. The molecule has 0 aromatic carbocycles. The van der Waals surface area contributed by atoms with Gasteiger partial charge in [-0.1, -0.05) is 0 Å². The van der Waals surface area contributed by atoms with Crippen molar-refractivity contribution in [3.05, 3.63) is 11.9 Å². The van der Waals surface area contributed by atoms with E-state index in [2.05, 4.69) is 25.3 Å². The van der Waals surface area contributed by atoms with E-state index in [9.17, 15) is 4.79 Å². The van der Waals surface area contributed by atoms with Gasteiger partial charge in [0.25, 0.3) is 0 Å². The van der Waals surface area contributed by atoms with Gasteiger partial charge in [-0.05, 0) is 6.92 Å². The van der Waals surface area contributed by atoms with E-state index in [0.717, 1.165) is 5.82 Å². The van der Waals surface area contributed by atoms with Gasteiger partial charge in [-0.25, -0.2) is 9.97 Å². The largest absolute Gasteiger partial charge is 0.469 e. The molecule has 0 saturated carbocycles. The Morgan fingerprint density at radius 3 is 2.75 bits per heavy atom. The quantitative estimate of drug-likeness (QED) is 0.720. The molecule has 0 aliphatic heterocycles. The summed E-state index contributed by atoms with van der Waals surface area (Å²) in [7, 11) is 3.16. The monoisotopic (exact) mass is 224 g/mol. The molecule has 0 spiro atoms. The molecule has 1 aromatic heterocycles. The maximum Gasteiger partial charge on any atom is 0.307 e. The normalized spacial score (nSPS) is 9.69. The fraction of sp³-hybridized carbons (Fsp3) is 0.500. The lowest BCUT2D eigenvalue weighted by atomic mass is 10.4. The summed E-state index contributed by atoms with van der Waals surface area (Å²) in [4.78, 5) is 19.2. The van der Waals surface area contributed by atoms with Crippen LogP contribution < -0.4 is 10.6 Å². The molecule has 88 valence electrons. The van der Waals surface area contributed by atoms with E-state index in [4.69, 9.17) is 0 Å². The number of aromatic nitrogens is 2. The van der Waals surface area contributed by atoms with Gasteiger partial charge in [0, 0.05) is 19.7 Å². The van der Waals surface area contributed by atoms with E-state index in [0.29, 0.717) is 24.6 Å². The van der Waals surface area contributed by atoms with Crippen molar-refractivity contribution in [2.75, 3.05) is 31.3 Å². The van der Waals surface area contributed by atoms with Gasteiger partial charge in [-0.3, -0.25) is 4.79 Å². The molecule has 1 heterocycles. The van der Waals surface area contributed by atoms with Crippen LogP contribution in [0.1, 0.15) is 12.2 Å². The van der Waals surface area contributed by atoms with E-state index in [-0.39, 0.29) is 5.97 Å². The van der Waals surface area contributed by atoms with Crippen molar-refractivity contribution in [1.29, 1.82) is 0 Å². The molecule has 0 unspecified atom stereocenters. The molecule has 0 radical (unpaired) electrons. The Kier molecular flexibility index (Phi) is 4.50. The summed E-state index contributed by atoms with van der Waals surface area (Å²) >= 11 is 0. The molecule has 1 rings (SSSR count). The first kappa shape index (κ1) is 12.2. The SMILES string of the molecule is CNc1cc(NCCC(=O)OC)nc(C)n1. The Morgan fingerprint density at radius 2 is 2.12 bits per heavy atom. The van der Waals surface area contributed by atoms with Crippen LogP contribution >= 0.6 is 0 Å². The number of nitrogens with one attached hydrogen (secondary N) is 2. The molecule has 0 aliphatic rings. The van der Waals surface area contributed by atoms with Crippen LogP contribution in [0, 0.1) is 6.92 Å². The van der Waals surface area contributed by atoms with Gasteiger partial charge in [-0.2, -0.15) is 0 Å². The molecule has 2 N–H and O–H groups in total. The Morgan fingerprint density at radius 1 is 1.44 bits per heavy atom. The molecule has 6 nitrogen and oxygen atoms in total. The van der Waals surface area contributed by atoms with E-state index >= 15 is 0 Å². The third kappa shape index (κ3) is 3.72. The molecule has 16 heavy (non-hydrogen) atoms. The molecule has 0 bridgehead atoms. The van der Waals surface area contributed by atoms with Crippen molar-refractivity contribution < 1.29 is 9.53 Å². The van der Waals surface area contributed by atoms with Crippen LogP contribution in [0.25, 0.3) is 0 Å². The minimum absolute atomic E-state index is 0.243. The van der Waals surface area contributed by atoms with Crippen LogP contribution in [0.3, 0.4) is 0 Å². The number of carbonyl (C=O) groups is 1. The summed E-state index contributed by atoms with van der Waals surface area (Å²) < 4.78 is 4.53. The Balaban J connectivity index is 2.53. The summed E-state index contributed by atoms with van der Waals surface area (Å²) in [5.41, 5.74) is 0. The first-order valence-corrected chi connectivity index (χ1v) is 5.00. The molecule has 0 saturated heterocycles. The summed E-state index contributed by atoms with van der Waals surface area (Å²) in [5.74, 6) is 1.87. The highest BCUT2D eigenvalue weighted by molar-refractivity contribution is 5.69. The third-order valence-electron chi connectivity index (χ3n) is 1.96. The van der Waals surface area contributed by atoms with Crippen LogP contribution in [-0.2, 0) is 9.53 Å². The van der Waals surface area contributed by atoms with Crippen LogP contribution in [-0.4, -0.2) is 36.6 Å². The van der Waals surface area contributed by atoms with Crippen molar-refractivity contribution in [2.24, 2.45) is 0 Å². The van der Waals surface area contributed by atoms with Gasteiger partial charge in [0.1, 0.15) is 17.5 Å². The van der Waals surface area contributed by atoms with Gasteiger partial charge in [0.05, 0.1) is 13.5 Å². The van der Waals surface area contributed by atoms with Gasteiger partial charge < -0.3 is 15.4 Å². The highest BCUT2D eigenvalue weighted by Gasteiger charge is 2.02. The number of anilines is 2. The van der Waals surface area contributed by atoms with Crippen LogP contribution in [0.5, 0.6) is 0 Å². The molecule has 0 atom stereocenters. The molecular weight excluding hydrogens is 208 g/mol. The van der Waals surface area contributed by atoms with Crippen molar-refractivity contribution in [3.8, 4) is 0 Å². The predicted molar refractivity (Wildman–Crippen MR) is 61.4 cm³/mol. The number of nitrogens with zero attached hydrogens (tertiary/aromatic N) is 2. The maximum atomic E-state index is 10.9. The van der Waals surface area contributed by atoms with Crippen LogP contribution in [0.4, 0.5) is 11.6 Å². The zero-order valence-electron chi connectivity index (χ0n) is 9.70.